The van der Waals surface area contributed by atoms with E-state index in [0.717, 1.165) is 4.47 Å². The van der Waals surface area contributed by atoms with Crippen LogP contribution >= 0.6 is 27.5 Å². The lowest BCUT2D eigenvalue weighted by molar-refractivity contribution is 0.571. The summed E-state index contributed by atoms with van der Waals surface area (Å²) in [5.74, 6) is 0. The van der Waals surface area contributed by atoms with Gasteiger partial charge in [-0.1, -0.05) is 15.9 Å². The van der Waals surface area contributed by atoms with Crippen LogP contribution in [0.15, 0.2) is 27.5 Å². The van der Waals surface area contributed by atoms with Crippen molar-refractivity contribution < 1.29 is 0 Å². The SMILES string of the molecule is CC(N)Cn1c(Cl)nc2ccc(Br)cc2c1=O. The van der Waals surface area contributed by atoms with Crippen molar-refractivity contribution in [1.82, 2.24) is 9.55 Å². The second-order valence-corrected chi connectivity index (χ2v) is 5.19. The van der Waals surface area contributed by atoms with Crippen LogP contribution in [0.3, 0.4) is 0 Å². The van der Waals surface area contributed by atoms with E-state index < -0.39 is 0 Å². The summed E-state index contributed by atoms with van der Waals surface area (Å²) >= 11 is 9.30. The lowest BCUT2D eigenvalue weighted by atomic mass is 10.2. The zero-order valence-corrected chi connectivity index (χ0v) is 11.5. The van der Waals surface area contributed by atoms with Gasteiger partial charge in [0.25, 0.3) is 5.56 Å². The molecule has 0 aliphatic rings. The normalized spacial score (nSPS) is 12.9. The van der Waals surface area contributed by atoms with Gasteiger partial charge in [0, 0.05) is 17.1 Å². The maximum absolute atomic E-state index is 12.2. The molecule has 0 aliphatic carbocycles. The summed E-state index contributed by atoms with van der Waals surface area (Å²) in [6, 6.07) is 5.15. The van der Waals surface area contributed by atoms with Gasteiger partial charge < -0.3 is 5.73 Å². The summed E-state index contributed by atoms with van der Waals surface area (Å²) in [4.78, 5) is 16.4. The molecule has 1 unspecified atom stereocenters. The average molecular weight is 317 g/mol. The van der Waals surface area contributed by atoms with E-state index in [9.17, 15) is 4.79 Å². The van der Waals surface area contributed by atoms with Crippen molar-refractivity contribution in [3.63, 3.8) is 0 Å². The minimum Gasteiger partial charge on any atom is -0.326 e. The lowest BCUT2D eigenvalue weighted by Gasteiger charge is -2.11. The Morgan fingerprint density at radius 3 is 2.94 bits per heavy atom. The highest BCUT2D eigenvalue weighted by atomic mass is 79.9. The zero-order chi connectivity index (χ0) is 12.6. The molecule has 0 aliphatic heterocycles. The standard InChI is InChI=1S/C11H11BrClN3O/c1-6(14)5-16-10(17)8-4-7(12)2-3-9(8)15-11(16)13/h2-4,6H,5,14H2,1H3. The molecule has 6 heteroatoms. The molecule has 0 spiro atoms. The van der Waals surface area contributed by atoms with Crippen LogP contribution in [0, 0.1) is 0 Å². The molecule has 2 N–H and O–H groups in total. The van der Waals surface area contributed by atoms with Crippen LogP contribution in [0.25, 0.3) is 10.9 Å². The van der Waals surface area contributed by atoms with E-state index in [2.05, 4.69) is 20.9 Å². The van der Waals surface area contributed by atoms with Gasteiger partial charge in [-0.05, 0) is 36.7 Å². The summed E-state index contributed by atoms with van der Waals surface area (Å²) in [6.45, 7) is 2.17. The number of rotatable bonds is 2. The van der Waals surface area contributed by atoms with Gasteiger partial charge in [0.05, 0.1) is 10.9 Å². The molecule has 1 heterocycles. The quantitative estimate of drug-likeness (QED) is 0.864. The Balaban J connectivity index is 2.73. The number of fused-ring (bicyclic) bond motifs is 1. The molecule has 0 bridgehead atoms. The Morgan fingerprint density at radius 1 is 1.59 bits per heavy atom. The molecular weight excluding hydrogens is 305 g/mol. The van der Waals surface area contributed by atoms with E-state index in [1.807, 2.05) is 13.0 Å². The van der Waals surface area contributed by atoms with E-state index >= 15 is 0 Å². The Labute approximate surface area is 112 Å². The van der Waals surface area contributed by atoms with Gasteiger partial charge in [0.15, 0.2) is 0 Å². The van der Waals surface area contributed by atoms with E-state index in [-0.39, 0.29) is 16.9 Å². The molecule has 2 aromatic rings. The first kappa shape index (κ1) is 12.5. The number of nitrogens with zero attached hydrogens (tertiary/aromatic N) is 2. The van der Waals surface area contributed by atoms with E-state index in [0.29, 0.717) is 17.4 Å². The van der Waals surface area contributed by atoms with Crippen LogP contribution in [-0.2, 0) is 6.54 Å². The van der Waals surface area contributed by atoms with E-state index in [1.54, 1.807) is 12.1 Å². The fourth-order valence-corrected chi connectivity index (χ4v) is 2.21. The number of hydrogen-bond acceptors (Lipinski definition) is 3. The van der Waals surface area contributed by atoms with Crippen LogP contribution in [0.1, 0.15) is 6.92 Å². The van der Waals surface area contributed by atoms with Gasteiger partial charge in [-0.3, -0.25) is 9.36 Å². The lowest BCUT2D eigenvalue weighted by Crippen LogP contribution is -2.31. The molecule has 0 amide bonds. The van der Waals surface area contributed by atoms with Gasteiger partial charge in [0.2, 0.25) is 5.28 Å². The van der Waals surface area contributed by atoms with Gasteiger partial charge in [-0.15, -0.1) is 0 Å². The van der Waals surface area contributed by atoms with Crippen LogP contribution in [0.2, 0.25) is 5.28 Å². The second kappa shape index (κ2) is 4.76. The van der Waals surface area contributed by atoms with Crippen LogP contribution in [0.4, 0.5) is 0 Å². The van der Waals surface area contributed by atoms with E-state index in [4.69, 9.17) is 17.3 Å². The average Bonchev–Trinajstić information content (AvgIpc) is 2.25. The first-order valence-corrected chi connectivity index (χ1v) is 6.27. The Kier molecular flexibility index (Phi) is 3.51. The van der Waals surface area contributed by atoms with Crippen LogP contribution in [0.5, 0.6) is 0 Å². The molecule has 90 valence electrons. The predicted octanol–water partition coefficient (Wildman–Crippen LogP) is 2.16. The molecule has 1 aromatic carbocycles. The Bertz CT molecular complexity index is 624. The molecule has 0 fully saturated rings. The number of benzene rings is 1. The predicted molar refractivity (Wildman–Crippen MR) is 72.4 cm³/mol. The summed E-state index contributed by atoms with van der Waals surface area (Å²) in [5, 5.41) is 0.701. The Morgan fingerprint density at radius 2 is 2.29 bits per heavy atom. The third-order valence-corrected chi connectivity index (χ3v) is 3.12. The molecule has 0 saturated carbocycles. The Hall–Kier alpha value is -0.910. The minimum absolute atomic E-state index is 0.156. The maximum Gasteiger partial charge on any atom is 0.262 e. The van der Waals surface area contributed by atoms with Crippen molar-refractivity contribution >= 4 is 38.4 Å². The number of hydrogen-bond donors (Lipinski definition) is 1. The fourth-order valence-electron chi connectivity index (χ4n) is 1.61. The number of aromatic nitrogens is 2. The highest BCUT2D eigenvalue weighted by molar-refractivity contribution is 9.10. The van der Waals surface area contributed by atoms with Crippen LogP contribution in [-0.4, -0.2) is 15.6 Å². The largest absolute Gasteiger partial charge is 0.326 e. The highest BCUT2D eigenvalue weighted by Gasteiger charge is 2.10. The van der Waals surface area contributed by atoms with Crippen LogP contribution < -0.4 is 11.3 Å². The summed E-state index contributed by atoms with van der Waals surface area (Å²) in [5.41, 5.74) is 6.10. The molecule has 1 aromatic heterocycles. The second-order valence-electron chi connectivity index (χ2n) is 3.94. The van der Waals surface area contributed by atoms with Crippen molar-refractivity contribution in [2.45, 2.75) is 19.5 Å². The molecular formula is C11H11BrClN3O. The van der Waals surface area contributed by atoms with Crippen molar-refractivity contribution in [2.24, 2.45) is 5.73 Å². The molecule has 2 rings (SSSR count). The monoisotopic (exact) mass is 315 g/mol. The topological polar surface area (TPSA) is 60.9 Å². The molecule has 1 atom stereocenters. The van der Waals surface area contributed by atoms with Gasteiger partial charge >= 0.3 is 0 Å². The fraction of sp³-hybridized carbons (Fsp3) is 0.273. The molecule has 4 nitrogen and oxygen atoms in total. The van der Waals surface area contributed by atoms with Gasteiger partial charge in [-0.25, -0.2) is 4.98 Å². The highest BCUT2D eigenvalue weighted by Crippen LogP contribution is 2.17. The van der Waals surface area contributed by atoms with Gasteiger partial charge in [-0.2, -0.15) is 0 Å². The van der Waals surface area contributed by atoms with Gasteiger partial charge in [0.1, 0.15) is 0 Å². The molecule has 0 saturated heterocycles. The summed E-state index contributed by atoms with van der Waals surface area (Å²) in [6.07, 6.45) is 0. The zero-order valence-electron chi connectivity index (χ0n) is 9.15. The number of nitrogens with two attached hydrogens (primary N) is 1. The minimum atomic E-state index is -0.168. The van der Waals surface area contributed by atoms with E-state index in [1.165, 1.54) is 4.57 Å². The first-order chi connectivity index (χ1) is 7.99. The summed E-state index contributed by atoms with van der Waals surface area (Å²) in [7, 11) is 0. The number of halogens is 2. The van der Waals surface area contributed by atoms with Crippen molar-refractivity contribution in [3.8, 4) is 0 Å². The molecule has 17 heavy (non-hydrogen) atoms. The van der Waals surface area contributed by atoms with Crippen molar-refractivity contribution in [3.05, 3.63) is 38.3 Å². The van der Waals surface area contributed by atoms with Crippen molar-refractivity contribution in [2.75, 3.05) is 0 Å². The third-order valence-electron chi connectivity index (χ3n) is 2.34. The first-order valence-electron chi connectivity index (χ1n) is 5.10. The smallest absolute Gasteiger partial charge is 0.262 e. The van der Waals surface area contributed by atoms with Crippen molar-refractivity contribution in [1.29, 1.82) is 0 Å². The maximum atomic E-state index is 12.2. The summed E-state index contributed by atoms with van der Waals surface area (Å²) < 4.78 is 2.22. The molecule has 0 radical (unpaired) electrons. The third kappa shape index (κ3) is 2.51.